The molecule has 0 aliphatic rings. The monoisotopic (exact) mass is 798 g/mol. The Labute approximate surface area is 319 Å². The highest BCUT2D eigenvalue weighted by Gasteiger charge is 2.28. The van der Waals surface area contributed by atoms with Crippen LogP contribution in [-0.2, 0) is 41.8 Å². The standard InChI is InChI=1S/C38H72O13P2/c1-3-5-7-9-11-13-15-17-19-21-23-25-27-29-37(40)47-33-36(34-50-53(45,46)49-32-35(39)31-48-52(42,43)44)51-38(41)30-28-26-24-22-20-18-16-14-12-10-8-6-4-2/h13-16,35-36,39H,3-12,17-34H2,1-2H3,(H,45,46)(H2,42,43,44)/b15-13-,16-14-/t35-,36+/m0/s1. The van der Waals surface area contributed by atoms with Crippen LogP contribution in [0.3, 0.4) is 0 Å². The van der Waals surface area contributed by atoms with Gasteiger partial charge in [0.15, 0.2) is 6.10 Å². The Bertz CT molecular complexity index is 1050. The minimum atomic E-state index is -4.86. The highest BCUT2D eigenvalue weighted by molar-refractivity contribution is 7.47. The van der Waals surface area contributed by atoms with Gasteiger partial charge in [-0.2, -0.15) is 0 Å². The number of esters is 2. The number of rotatable bonds is 38. The van der Waals surface area contributed by atoms with E-state index in [0.29, 0.717) is 12.8 Å². The molecule has 0 saturated heterocycles. The molecule has 53 heavy (non-hydrogen) atoms. The lowest BCUT2D eigenvalue weighted by Crippen LogP contribution is -2.30. The fourth-order valence-electron chi connectivity index (χ4n) is 5.22. The average molecular weight is 799 g/mol. The van der Waals surface area contributed by atoms with E-state index in [2.05, 4.69) is 47.2 Å². The number of aliphatic hydroxyl groups is 1. The van der Waals surface area contributed by atoms with Crippen molar-refractivity contribution in [3.05, 3.63) is 24.3 Å². The number of aliphatic hydroxyl groups excluding tert-OH is 1. The molecule has 0 rings (SSSR count). The van der Waals surface area contributed by atoms with Gasteiger partial charge in [-0.1, -0.05) is 115 Å². The van der Waals surface area contributed by atoms with Crippen LogP contribution in [-0.4, -0.2) is 70.4 Å². The number of phosphoric ester groups is 2. The molecule has 0 aromatic carbocycles. The minimum Gasteiger partial charge on any atom is -0.462 e. The number of hydrogen-bond donors (Lipinski definition) is 4. The number of unbranched alkanes of at least 4 members (excludes halogenated alkanes) is 18. The topological polar surface area (TPSA) is 195 Å². The molecule has 0 saturated carbocycles. The van der Waals surface area contributed by atoms with Gasteiger partial charge < -0.3 is 29.3 Å². The van der Waals surface area contributed by atoms with E-state index in [-0.39, 0.29) is 19.4 Å². The van der Waals surface area contributed by atoms with Crippen LogP contribution in [0.2, 0.25) is 0 Å². The van der Waals surface area contributed by atoms with E-state index in [0.717, 1.165) is 77.0 Å². The molecule has 3 atom stereocenters. The maximum Gasteiger partial charge on any atom is 0.472 e. The van der Waals surface area contributed by atoms with Crippen LogP contribution in [0.5, 0.6) is 0 Å². The van der Waals surface area contributed by atoms with Crippen molar-refractivity contribution in [3.63, 3.8) is 0 Å². The smallest absolute Gasteiger partial charge is 0.462 e. The average Bonchev–Trinajstić information content (AvgIpc) is 3.11. The summed E-state index contributed by atoms with van der Waals surface area (Å²) < 4.78 is 47.6. The predicted octanol–water partition coefficient (Wildman–Crippen LogP) is 9.56. The van der Waals surface area contributed by atoms with Gasteiger partial charge in [0.25, 0.3) is 0 Å². The molecule has 13 nitrogen and oxygen atoms in total. The molecule has 0 heterocycles. The summed E-state index contributed by atoms with van der Waals surface area (Å²) in [5, 5.41) is 9.71. The molecule has 15 heteroatoms. The van der Waals surface area contributed by atoms with Crippen molar-refractivity contribution in [1.82, 2.24) is 0 Å². The minimum absolute atomic E-state index is 0.121. The number of phosphoric acid groups is 2. The summed E-state index contributed by atoms with van der Waals surface area (Å²) in [4.78, 5) is 52.5. The molecule has 0 aromatic rings. The summed E-state index contributed by atoms with van der Waals surface area (Å²) in [5.74, 6) is -1.05. The molecule has 0 amide bonds. The molecule has 0 aromatic heterocycles. The first-order chi connectivity index (χ1) is 25.4. The molecule has 0 fully saturated rings. The summed E-state index contributed by atoms with van der Waals surface area (Å²) in [6, 6.07) is 0. The molecule has 0 bridgehead atoms. The first-order valence-corrected chi connectivity index (χ1v) is 23.1. The first kappa shape index (κ1) is 51.6. The van der Waals surface area contributed by atoms with Gasteiger partial charge >= 0.3 is 27.6 Å². The van der Waals surface area contributed by atoms with Crippen molar-refractivity contribution in [2.45, 2.75) is 180 Å². The van der Waals surface area contributed by atoms with Gasteiger partial charge in [0.2, 0.25) is 0 Å². The SMILES string of the molecule is CCCCCC/C=C\CCCCCCCC(=O)OC[C@H](COP(=O)(O)OC[C@@H](O)COP(=O)(O)O)OC(=O)CCCCCCC/C=C\CCCCCC. The molecular formula is C38H72O13P2. The van der Waals surface area contributed by atoms with Crippen LogP contribution in [0.1, 0.15) is 168 Å². The maximum atomic E-state index is 12.6. The van der Waals surface area contributed by atoms with Gasteiger partial charge in [-0.15, -0.1) is 0 Å². The van der Waals surface area contributed by atoms with Crippen LogP contribution in [0.4, 0.5) is 0 Å². The largest absolute Gasteiger partial charge is 0.472 e. The Kier molecular flexibility index (Phi) is 34.1. The van der Waals surface area contributed by atoms with Crippen molar-refractivity contribution in [2.75, 3.05) is 26.4 Å². The van der Waals surface area contributed by atoms with Crippen LogP contribution in [0.15, 0.2) is 24.3 Å². The Morgan fingerprint density at radius 2 is 0.925 bits per heavy atom. The molecule has 0 aliphatic heterocycles. The summed E-state index contributed by atoms with van der Waals surface area (Å²) in [6.07, 6.45) is 30.3. The number of ether oxygens (including phenoxy) is 2. The van der Waals surface area contributed by atoms with Crippen molar-refractivity contribution < 1.29 is 61.6 Å². The van der Waals surface area contributed by atoms with Crippen molar-refractivity contribution in [2.24, 2.45) is 0 Å². The third-order valence-corrected chi connectivity index (χ3v) is 9.74. The predicted molar refractivity (Wildman–Crippen MR) is 207 cm³/mol. The summed E-state index contributed by atoms with van der Waals surface area (Å²) >= 11 is 0. The number of hydrogen-bond acceptors (Lipinski definition) is 10. The summed E-state index contributed by atoms with van der Waals surface area (Å²) in [7, 11) is -9.66. The second kappa shape index (κ2) is 35.0. The highest BCUT2D eigenvalue weighted by Crippen LogP contribution is 2.43. The lowest BCUT2D eigenvalue weighted by molar-refractivity contribution is -0.161. The van der Waals surface area contributed by atoms with Crippen LogP contribution in [0, 0.1) is 0 Å². The molecular weight excluding hydrogens is 726 g/mol. The Morgan fingerprint density at radius 3 is 1.40 bits per heavy atom. The van der Waals surface area contributed by atoms with Gasteiger partial charge in [-0.3, -0.25) is 23.2 Å². The van der Waals surface area contributed by atoms with Gasteiger partial charge in [-0.25, -0.2) is 9.13 Å². The highest BCUT2D eigenvalue weighted by atomic mass is 31.2. The summed E-state index contributed by atoms with van der Waals surface area (Å²) in [5.41, 5.74) is 0. The fourth-order valence-corrected chi connectivity index (χ4v) is 6.37. The normalized spacial score (nSPS) is 14.5. The quantitative estimate of drug-likeness (QED) is 0.0200. The molecule has 1 unspecified atom stereocenters. The Hall–Kier alpha value is -1.40. The van der Waals surface area contributed by atoms with Crippen molar-refractivity contribution in [3.8, 4) is 0 Å². The molecule has 0 spiro atoms. The lowest BCUT2D eigenvalue weighted by atomic mass is 10.1. The maximum absolute atomic E-state index is 12.6. The summed E-state index contributed by atoms with van der Waals surface area (Å²) in [6.45, 7) is 1.70. The van der Waals surface area contributed by atoms with Gasteiger partial charge in [0.05, 0.1) is 19.8 Å². The van der Waals surface area contributed by atoms with E-state index < -0.39 is 59.6 Å². The van der Waals surface area contributed by atoms with E-state index in [4.69, 9.17) is 23.8 Å². The second-order valence-corrected chi connectivity index (χ2v) is 16.2. The molecule has 312 valence electrons. The number of carbonyl (C=O) groups excluding carboxylic acids is 2. The van der Waals surface area contributed by atoms with Crippen LogP contribution in [0.25, 0.3) is 0 Å². The zero-order valence-electron chi connectivity index (χ0n) is 32.6. The van der Waals surface area contributed by atoms with E-state index >= 15 is 0 Å². The molecule has 0 radical (unpaired) electrons. The van der Waals surface area contributed by atoms with Crippen LogP contribution < -0.4 is 0 Å². The van der Waals surface area contributed by atoms with Crippen molar-refractivity contribution >= 4 is 27.6 Å². The lowest BCUT2D eigenvalue weighted by Gasteiger charge is -2.20. The second-order valence-electron chi connectivity index (χ2n) is 13.5. The molecule has 4 N–H and O–H groups in total. The molecule has 0 aliphatic carbocycles. The third kappa shape index (κ3) is 38.7. The van der Waals surface area contributed by atoms with E-state index in [9.17, 15) is 28.7 Å². The first-order valence-electron chi connectivity index (χ1n) is 20.0. The van der Waals surface area contributed by atoms with Gasteiger partial charge in [-0.05, 0) is 64.2 Å². The van der Waals surface area contributed by atoms with E-state index in [1.165, 1.54) is 51.4 Å². The number of allylic oxidation sites excluding steroid dienone is 4. The Balaban J connectivity index is 4.59. The Morgan fingerprint density at radius 1 is 0.528 bits per heavy atom. The third-order valence-electron chi connectivity index (χ3n) is 8.30. The zero-order valence-corrected chi connectivity index (χ0v) is 34.4. The zero-order chi connectivity index (χ0) is 39.5. The van der Waals surface area contributed by atoms with Gasteiger partial charge in [0, 0.05) is 12.8 Å². The van der Waals surface area contributed by atoms with E-state index in [1.807, 2.05) is 0 Å². The number of carbonyl (C=O) groups is 2. The van der Waals surface area contributed by atoms with Crippen molar-refractivity contribution in [1.29, 1.82) is 0 Å². The van der Waals surface area contributed by atoms with Crippen LogP contribution >= 0.6 is 15.6 Å². The fraction of sp³-hybridized carbons (Fsp3) is 0.842. The van der Waals surface area contributed by atoms with Gasteiger partial charge in [0.1, 0.15) is 12.7 Å². The van der Waals surface area contributed by atoms with E-state index in [1.54, 1.807) is 0 Å².